The maximum absolute atomic E-state index is 4.83. The normalized spacial score (nSPS) is 11.8. The third kappa shape index (κ3) is 2.33. The first kappa shape index (κ1) is 15.2. The summed E-state index contributed by atoms with van der Waals surface area (Å²) in [5.41, 5.74) is 2.25. The number of nitrogens with zero attached hydrogens (tertiary/aromatic N) is 4. The summed E-state index contributed by atoms with van der Waals surface area (Å²) >= 11 is 7.10. The Balaban J connectivity index is 1.98. The molecule has 7 heteroatoms. The zero-order valence-electron chi connectivity index (χ0n) is 13.1. The van der Waals surface area contributed by atoms with Gasteiger partial charge in [-0.05, 0) is 47.3 Å². The molecular weight excluding hydrogens is 392 g/mol. The highest BCUT2D eigenvalue weighted by Gasteiger charge is 2.17. The molecule has 0 atom stereocenters. The van der Waals surface area contributed by atoms with Crippen LogP contribution in [0.1, 0.15) is 29.2 Å². The average molecular weight is 407 g/mol. The van der Waals surface area contributed by atoms with Gasteiger partial charge < -0.3 is 0 Å². The molecule has 0 unspecified atom stereocenters. The van der Waals surface area contributed by atoms with Crippen LogP contribution in [0.4, 0.5) is 0 Å². The minimum Gasteiger partial charge on any atom is -0.225 e. The predicted octanol–water partition coefficient (Wildman–Crippen LogP) is 5.26. The summed E-state index contributed by atoms with van der Waals surface area (Å²) in [6, 6.07) is 2.11. The molecule has 0 aliphatic carbocycles. The van der Waals surface area contributed by atoms with E-state index in [1.165, 1.54) is 15.3 Å². The first-order valence-electron chi connectivity index (χ1n) is 7.54. The molecule has 0 aliphatic heterocycles. The van der Waals surface area contributed by atoms with E-state index in [-0.39, 0.29) is 0 Å². The van der Waals surface area contributed by atoms with Crippen LogP contribution >= 0.6 is 38.6 Å². The minimum absolute atomic E-state index is 0.774. The molecule has 0 N–H and O–H groups in total. The molecule has 23 heavy (non-hydrogen) atoms. The molecule has 4 aromatic rings. The van der Waals surface area contributed by atoms with E-state index < -0.39 is 0 Å². The molecule has 4 rings (SSSR count). The van der Waals surface area contributed by atoms with E-state index in [1.807, 2.05) is 4.52 Å². The average Bonchev–Trinajstić information content (AvgIpc) is 3.20. The third-order valence-electron chi connectivity index (χ3n) is 3.98. The first-order valence-corrected chi connectivity index (χ1v) is 9.96. The Labute approximate surface area is 150 Å². The Kier molecular flexibility index (Phi) is 3.74. The van der Waals surface area contributed by atoms with Gasteiger partial charge >= 0.3 is 0 Å². The van der Waals surface area contributed by atoms with Crippen LogP contribution in [-0.2, 0) is 12.8 Å². The Morgan fingerprint density at radius 3 is 2.74 bits per heavy atom. The SMILES string of the molecule is CCc1sc(-c2nc3c4c(CC)c(C)sc4ncn3n2)cc1Br. The lowest BCUT2D eigenvalue weighted by atomic mass is 10.1. The van der Waals surface area contributed by atoms with Gasteiger partial charge in [-0.2, -0.15) is 0 Å². The van der Waals surface area contributed by atoms with Gasteiger partial charge in [-0.1, -0.05) is 13.8 Å². The highest BCUT2D eigenvalue weighted by molar-refractivity contribution is 9.10. The van der Waals surface area contributed by atoms with Crippen molar-refractivity contribution in [1.29, 1.82) is 0 Å². The molecular formula is C16H15BrN4S2. The molecule has 4 aromatic heterocycles. The van der Waals surface area contributed by atoms with E-state index in [9.17, 15) is 0 Å². The lowest BCUT2D eigenvalue weighted by Crippen LogP contribution is -1.91. The molecule has 4 heterocycles. The molecule has 0 saturated carbocycles. The van der Waals surface area contributed by atoms with Crippen molar-refractivity contribution in [2.24, 2.45) is 0 Å². The van der Waals surface area contributed by atoms with Crippen molar-refractivity contribution in [2.75, 3.05) is 0 Å². The second-order valence-electron chi connectivity index (χ2n) is 5.35. The van der Waals surface area contributed by atoms with Crippen LogP contribution in [0.5, 0.6) is 0 Å². The van der Waals surface area contributed by atoms with Crippen LogP contribution in [0.2, 0.25) is 0 Å². The number of rotatable bonds is 3. The number of hydrogen-bond donors (Lipinski definition) is 0. The van der Waals surface area contributed by atoms with Crippen molar-refractivity contribution in [3.8, 4) is 10.7 Å². The number of hydrogen-bond acceptors (Lipinski definition) is 5. The van der Waals surface area contributed by atoms with Gasteiger partial charge in [0.05, 0.1) is 10.3 Å². The molecule has 0 aromatic carbocycles. The van der Waals surface area contributed by atoms with Crippen LogP contribution in [-0.4, -0.2) is 19.6 Å². The Bertz CT molecular complexity index is 1030. The van der Waals surface area contributed by atoms with Gasteiger partial charge in [0.1, 0.15) is 11.2 Å². The maximum Gasteiger partial charge on any atom is 0.192 e. The van der Waals surface area contributed by atoms with E-state index >= 15 is 0 Å². The fraction of sp³-hybridized carbons (Fsp3) is 0.312. The molecule has 0 aliphatic rings. The minimum atomic E-state index is 0.774. The maximum atomic E-state index is 4.83. The lowest BCUT2D eigenvalue weighted by Gasteiger charge is -1.96. The van der Waals surface area contributed by atoms with Crippen molar-refractivity contribution in [3.05, 3.63) is 32.2 Å². The molecule has 4 nitrogen and oxygen atoms in total. The molecule has 0 fully saturated rings. The smallest absolute Gasteiger partial charge is 0.192 e. The number of thiophene rings is 2. The van der Waals surface area contributed by atoms with Gasteiger partial charge in [0.15, 0.2) is 11.5 Å². The van der Waals surface area contributed by atoms with Crippen LogP contribution < -0.4 is 0 Å². The molecule has 118 valence electrons. The zero-order valence-corrected chi connectivity index (χ0v) is 16.3. The van der Waals surface area contributed by atoms with Crippen molar-refractivity contribution < 1.29 is 0 Å². The van der Waals surface area contributed by atoms with Crippen molar-refractivity contribution in [3.63, 3.8) is 0 Å². The summed E-state index contributed by atoms with van der Waals surface area (Å²) in [6.07, 6.45) is 3.76. The second kappa shape index (κ2) is 5.65. The number of fused-ring (bicyclic) bond motifs is 3. The Morgan fingerprint density at radius 1 is 1.22 bits per heavy atom. The van der Waals surface area contributed by atoms with Crippen LogP contribution in [0.15, 0.2) is 16.9 Å². The second-order valence-corrected chi connectivity index (χ2v) is 8.55. The summed E-state index contributed by atoms with van der Waals surface area (Å²) in [4.78, 5) is 14.2. The molecule has 0 saturated heterocycles. The fourth-order valence-corrected chi connectivity index (χ4v) is 5.75. The Morgan fingerprint density at radius 2 is 2.04 bits per heavy atom. The zero-order chi connectivity index (χ0) is 16.1. The van der Waals surface area contributed by atoms with E-state index in [0.29, 0.717) is 0 Å². The highest BCUT2D eigenvalue weighted by atomic mass is 79.9. The first-order chi connectivity index (χ1) is 11.1. The van der Waals surface area contributed by atoms with Crippen LogP contribution in [0.25, 0.3) is 26.6 Å². The topological polar surface area (TPSA) is 43.1 Å². The molecule has 0 bridgehead atoms. The van der Waals surface area contributed by atoms with Gasteiger partial charge in [-0.3, -0.25) is 0 Å². The quantitative estimate of drug-likeness (QED) is 0.465. The van der Waals surface area contributed by atoms with Crippen molar-refractivity contribution in [1.82, 2.24) is 19.6 Å². The van der Waals surface area contributed by atoms with E-state index in [2.05, 4.69) is 52.9 Å². The summed E-state index contributed by atoms with van der Waals surface area (Å²) < 4.78 is 2.95. The summed E-state index contributed by atoms with van der Waals surface area (Å²) in [5, 5.41) is 5.80. The van der Waals surface area contributed by atoms with Crippen LogP contribution in [0.3, 0.4) is 0 Å². The van der Waals surface area contributed by atoms with E-state index in [0.717, 1.165) is 43.9 Å². The van der Waals surface area contributed by atoms with Gasteiger partial charge in [0, 0.05) is 14.2 Å². The van der Waals surface area contributed by atoms with Crippen LogP contribution in [0, 0.1) is 6.92 Å². The standard InChI is InChI=1S/C16H15BrN4S2/c1-4-9-8(3)22-16-13(9)15-19-14(20-21(15)7-18-16)12-6-10(17)11(5-2)23-12/h6-7H,4-5H2,1-3H3. The summed E-state index contributed by atoms with van der Waals surface area (Å²) in [6.45, 7) is 6.49. The summed E-state index contributed by atoms with van der Waals surface area (Å²) in [5.74, 6) is 0.774. The fourth-order valence-electron chi connectivity index (χ4n) is 2.85. The highest BCUT2D eigenvalue weighted by Crippen LogP contribution is 2.36. The van der Waals surface area contributed by atoms with Gasteiger partial charge in [-0.15, -0.1) is 27.8 Å². The van der Waals surface area contributed by atoms with E-state index in [4.69, 9.17) is 4.98 Å². The number of aromatic nitrogens is 4. The molecule has 0 spiro atoms. The van der Waals surface area contributed by atoms with Gasteiger partial charge in [0.25, 0.3) is 0 Å². The lowest BCUT2D eigenvalue weighted by molar-refractivity contribution is 0.940. The Hall–Kier alpha value is -1.31. The predicted molar refractivity (Wildman–Crippen MR) is 101 cm³/mol. The van der Waals surface area contributed by atoms with Crippen molar-refractivity contribution >= 4 is 54.5 Å². The summed E-state index contributed by atoms with van der Waals surface area (Å²) in [7, 11) is 0. The third-order valence-corrected chi connectivity index (χ3v) is 7.28. The van der Waals surface area contributed by atoms with Gasteiger partial charge in [-0.25, -0.2) is 14.5 Å². The largest absolute Gasteiger partial charge is 0.225 e. The van der Waals surface area contributed by atoms with Gasteiger partial charge in [0.2, 0.25) is 0 Å². The molecule has 0 radical (unpaired) electrons. The van der Waals surface area contributed by atoms with E-state index in [1.54, 1.807) is 29.0 Å². The van der Waals surface area contributed by atoms with Crippen molar-refractivity contribution in [2.45, 2.75) is 33.6 Å². The number of aryl methyl sites for hydroxylation is 3. The molecule has 0 amide bonds. The number of halogens is 1. The monoisotopic (exact) mass is 406 g/mol.